The maximum atomic E-state index is 12.9. The molecule has 0 heterocycles. The number of hydrogen-bond acceptors (Lipinski definition) is 6. The molecule has 0 spiro atoms. The number of hydrogen-bond donors (Lipinski definition) is 0. The highest BCUT2D eigenvalue weighted by Gasteiger charge is 2.19. The smallest absolute Gasteiger partial charge is 0.306 e. The van der Waals surface area contributed by atoms with Crippen LogP contribution in [0.25, 0.3) is 0 Å². The van der Waals surface area contributed by atoms with E-state index in [9.17, 15) is 14.4 Å². The third-order valence-electron chi connectivity index (χ3n) is 13.5. The maximum absolute atomic E-state index is 12.9. The van der Waals surface area contributed by atoms with Crippen molar-refractivity contribution < 1.29 is 28.6 Å². The number of unbranched alkanes of at least 4 members (excludes halogenated alkanes) is 38. The van der Waals surface area contributed by atoms with Crippen molar-refractivity contribution in [3.63, 3.8) is 0 Å². The molecule has 0 N–H and O–H groups in total. The standard InChI is InChI=1S/C59H114O6/c1-6-7-8-9-10-11-12-24-29-34-39-44-49-57(60)63-52-56(65-59(62)51-46-41-36-31-26-21-17-16-19-23-28-33-38-43-48-55(4)5)53-64-58(61)50-45-40-35-30-25-20-15-13-14-18-22-27-32-37-42-47-54(2)3/h54-56H,6-53H2,1-5H3/t56-/m0/s1. The van der Waals surface area contributed by atoms with Gasteiger partial charge in [-0.2, -0.15) is 0 Å². The van der Waals surface area contributed by atoms with Gasteiger partial charge in [0.2, 0.25) is 0 Å². The molecule has 0 saturated heterocycles. The van der Waals surface area contributed by atoms with E-state index in [1.54, 1.807) is 0 Å². The van der Waals surface area contributed by atoms with Gasteiger partial charge in [-0.1, -0.05) is 291 Å². The Morgan fingerprint density at radius 1 is 0.292 bits per heavy atom. The van der Waals surface area contributed by atoms with Gasteiger partial charge in [0, 0.05) is 19.3 Å². The van der Waals surface area contributed by atoms with E-state index in [4.69, 9.17) is 14.2 Å². The summed E-state index contributed by atoms with van der Waals surface area (Å²) in [5.41, 5.74) is 0. The van der Waals surface area contributed by atoms with Crippen LogP contribution in [0.2, 0.25) is 0 Å². The van der Waals surface area contributed by atoms with E-state index in [-0.39, 0.29) is 31.1 Å². The maximum Gasteiger partial charge on any atom is 0.306 e. The van der Waals surface area contributed by atoms with Gasteiger partial charge in [-0.25, -0.2) is 0 Å². The van der Waals surface area contributed by atoms with Gasteiger partial charge < -0.3 is 14.2 Å². The van der Waals surface area contributed by atoms with Crippen LogP contribution < -0.4 is 0 Å². The molecule has 0 aliphatic heterocycles. The van der Waals surface area contributed by atoms with Gasteiger partial charge in [-0.15, -0.1) is 0 Å². The minimum Gasteiger partial charge on any atom is -0.462 e. The van der Waals surface area contributed by atoms with Crippen LogP contribution in [0.4, 0.5) is 0 Å². The predicted molar refractivity (Wildman–Crippen MR) is 280 cm³/mol. The fraction of sp³-hybridized carbons (Fsp3) is 0.949. The van der Waals surface area contributed by atoms with Crippen molar-refractivity contribution in [2.45, 2.75) is 336 Å². The Morgan fingerprint density at radius 2 is 0.508 bits per heavy atom. The zero-order chi connectivity index (χ0) is 47.5. The molecule has 1 atom stereocenters. The monoisotopic (exact) mass is 919 g/mol. The first kappa shape index (κ1) is 63.4. The largest absolute Gasteiger partial charge is 0.462 e. The van der Waals surface area contributed by atoms with Crippen molar-refractivity contribution >= 4 is 17.9 Å². The molecule has 0 aliphatic carbocycles. The van der Waals surface area contributed by atoms with Crippen LogP contribution in [0, 0.1) is 11.8 Å². The molecule has 0 aromatic rings. The molecule has 0 fully saturated rings. The summed E-state index contributed by atoms with van der Waals surface area (Å²) in [7, 11) is 0. The lowest BCUT2D eigenvalue weighted by Gasteiger charge is -2.18. The van der Waals surface area contributed by atoms with Gasteiger partial charge in [0.15, 0.2) is 6.10 Å². The topological polar surface area (TPSA) is 78.9 Å². The van der Waals surface area contributed by atoms with Crippen molar-refractivity contribution in [2.75, 3.05) is 13.2 Å². The third kappa shape index (κ3) is 53.2. The lowest BCUT2D eigenvalue weighted by molar-refractivity contribution is -0.167. The Hall–Kier alpha value is -1.59. The normalized spacial score (nSPS) is 12.0. The van der Waals surface area contributed by atoms with Crippen LogP contribution in [0.15, 0.2) is 0 Å². The number of ether oxygens (including phenoxy) is 3. The van der Waals surface area contributed by atoms with Crippen LogP contribution in [-0.2, 0) is 28.6 Å². The lowest BCUT2D eigenvalue weighted by atomic mass is 10.0. The Kier molecular flexibility index (Phi) is 50.5. The van der Waals surface area contributed by atoms with Crippen molar-refractivity contribution in [1.29, 1.82) is 0 Å². The number of carbonyl (C=O) groups excluding carboxylic acids is 3. The number of rotatable bonds is 53. The average molecular weight is 920 g/mol. The van der Waals surface area contributed by atoms with Gasteiger partial charge in [-0.3, -0.25) is 14.4 Å². The van der Waals surface area contributed by atoms with E-state index in [1.165, 1.54) is 218 Å². The molecule has 0 unspecified atom stereocenters. The quantitative estimate of drug-likeness (QED) is 0.0344. The lowest BCUT2D eigenvalue weighted by Crippen LogP contribution is -2.30. The minimum atomic E-state index is -0.762. The number of carbonyl (C=O) groups is 3. The molecule has 65 heavy (non-hydrogen) atoms. The average Bonchev–Trinajstić information content (AvgIpc) is 3.28. The summed E-state index contributed by atoms with van der Waals surface area (Å²) in [6.45, 7) is 11.4. The summed E-state index contributed by atoms with van der Waals surface area (Å²) < 4.78 is 16.9. The molecule has 0 radical (unpaired) electrons. The summed E-state index contributed by atoms with van der Waals surface area (Å²) in [6.07, 6.45) is 55.2. The summed E-state index contributed by atoms with van der Waals surface area (Å²) >= 11 is 0. The fourth-order valence-corrected chi connectivity index (χ4v) is 9.05. The van der Waals surface area contributed by atoms with Crippen LogP contribution >= 0.6 is 0 Å². The first-order valence-electron chi connectivity index (χ1n) is 29.2. The van der Waals surface area contributed by atoms with Crippen molar-refractivity contribution in [3.05, 3.63) is 0 Å². The zero-order valence-corrected chi connectivity index (χ0v) is 44.6. The van der Waals surface area contributed by atoms with Crippen molar-refractivity contribution in [1.82, 2.24) is 0 Å². The van der Waals surface area contributed by atoms with Gasteiger partial charge in [0.05, 0.1) is 0 Å². The van der Waals surface area contributed by atoms with Gasteiger partial charge in [-0.05, 0) is 31.1 Å². The fourth-order valence-electron chi connectivity index (χ4n) is 9.05. The van der Waals surface area contributed by atoms with Crippen LogP contribution in [0.1, 0.15) is 330 Å². The SMILES string of the molecule is CCCCCCCCCCCCCCC(=O)OC[C@@H](COC(=O)CCCCCCCCCCCCCCCCCC(C)C)OC(=O)CCCCCCCCCCCCCCCCC(C)C. The molecule has 0 saturated carbocycles. The van der Waals surface area contributed by atoms with Crippen LogP contribution in [0.3, 0.4) is 0 Å². The first-order chi connectivity index (χ1) is 31.7. The molecule has 0 bridgehead atoms. The molecule has 0 aliphatic rings. The van der Waals surface area contributed by atoms with Crippen LogP contribution in [-0.4, -0.2) is 37.2 Å². The van der Waals surface area contributed by atoms with E-state index in [2.05, 4.69) is 34.6 Å². The molecular formula is C59H114O6. The summed E-state index contributed by atoms with van der Waals surface area (Å²) in [6, 6.07) is 0. The van der Waals surface area contributed by atoms with Crippen LogP contribution in [0.5, 0.6) is 0 Å². The minimum absolute atomic E-state index is 0.0624. The Labute approximate surface area is 406 Å². The second-order valence-electron chi connectivity index (χ2n) is 21.2. The first-order valence-corrected chi connectivity index (χ1v) is 29.2. The van der Waals surface area contributed by atoms with E-state index < -0.39 is 6.10 Å². The molecule has 386 valence electrons. The molecular weight excluding hydrogens is 805 g/mol. The Balaban J connectivity index is 4.27. The Bertz CT molecular complexity index is 993. The third-order valence-corrected chi connectivity index (χ3v) is 13.5. The van der Waals surface area contributed by atoms with Crippen molar-refractivity contribution in [2.24, 2.45) is 11.8 Å². The van der Waals surface area contributed by atoms with Gasteiger partial charge in [0.1, 0.15) is 13.2 Å². The number of esters is 3. The summed E-state index contributed by atoms with van der Waals surface area (Å²) in [5, 5.41) is 0. The van der Waals surface area contributed by atoms with E-state index >= 15 is 0 Å². The van der Waals surface area contributed by atoms with Gasteiger partial charge in [0.25, 0.3) is 0 Å². The van der Waals surface area contributed by atoms with E-state index in [1.807, 2.05) is 0 Å². The molecule has 0 amide bonds. The van der Waals surface area contributed by atoms with E-state index in [0.29, 0.717) is 19.3 Å². The highest BCUT2D eigenvalue weighted by molar-refractivity contribution is 5.71. The zero-order valence-electron chi connectivity index (χ0n) is 44.6. The second kappa shape index (κ2) is 51.8. The Morgan fingerprint density at radius 3 is 0.754 bits per heavy atom. The molecule has 0 aromatic carbocycles. The molecule has 6 heteroatoms. The predicted octanol–water partition coefficient (Wildman–Crippen LogP) is 19.3. The highest BCUT2D eigenvalue weighted by Crippen LogP contribution is 2.18. The van der Waals surface area contributed by atoms with Gasteiger partial charge >= 0.3 is 17.9 Å². The molecule has 6 nitrogen and oxygen atoms in total. The van der Waals surface area contributed by atoms with E-state index in [0.717, 1.165) is 69.6 Å². The second-order valence-corrected chi connectivity index (χ2v) is 21.2. The molecule has 0 aromatic heterocycles. The molecule has 0 rings (SSSR count). The summed E-state index contributed by atoms with van der Waals surface area (Å²) in [5.74, 6) is 0.855. The highest BCUT2D eigenvalue weighted by atomic mass is 16.6. The summed E-state index contributed by atoms with van der Waals surface area (Å²) in [4.78, 5) is 38.1. The van der Waals surface area contributed by atoms with Crippen molar-refractivity contribution in [3.8, 4) is 0 Å².